The second-order valence-electron chi connectivity index (χ2n) is 4.99. The summed E-state index contributed by atoms with van der Waals surface area (Å²) in [6, 6.07) is 0. The Labute approximate surface area is 122 Å². The van der Waals surface area contributed by atoms with Gasteiger partial charge in [0.1, 0.15) is 0 Å². The van der Waals surface area contributed by atoms with E-state index in [0.717, 1.165) is 22.2 Å². The number of carbonyl (C=O) groups is 1. The monoisotopic (exact) mass is 300 g/mol. The summed E-state index contributed by atoms with van der Waals surface area (Å²) in [5.74, 6) is 1.84. The van der Waals surface area contributed by atoms with E-state index in [1.54, 1.807) is 28.0 Å². The summed E-state index contributed by atoms with van der Waals surface area (Å²) < 4.78 is 0. The van der Waals surface area contributed by atoms with Gasteiger partial charge in [0.05, 0.1) is 29.4 Å². The molecule has 1 fully saturated rings. The Kier molecular flexibility index (Phi) is 4.86. The molecule has 4 nitrogen and oxygen atoms in total. The summed E-state index contributed by atoms with van der Waals surface area (Å²) in [7, 11) is 0. The molecule has 1 N–H and O–H groups in total. The lowest BCUT2D eigenvalue weighted by molar-refractivity contribution is -0.155. The minimum atomic E-state index is -0.624. The fourth-order valence-electron chi connectivity index (χ4n) is 2.03. The highest BCUT2D eigenvalue weighted by atomic mass is 32.2. The molecule has 6 heteroatoms. The van der Waals surface area contributed by atoms with E-state index in [9.17, 15) is 9.90 Å². The molecule has 19 heavy (non-hydrogen) atoms. The molecule has 1 aliphatic heterocycles. The highest BCUT2D eigenvalue weighted by molar-refractivity contribution is 7.98. The Hall–Kier alpha value is -0.590. The van der Waals surface area contributed by atoms with E-state index < -0.39 is 5.60 Å². The zero-order chi connectivity index (χ0) is 13.9. The quantitative estimate of drug-likeness (QED) is 0.817. The van der Waals surface area contributed by atoms with Crippen molar-refractivity contribution in [3.05, 3.63) is 16.1 Å². The normalized spacial score (nSPS) is 17.3. The first kappa shape index (κ1) is 14.8. The number of aliphatic hydroxyl groups is 1. The second-order valence-corrected chi connectivity index (χ2v) is 7.16. The van der Waals surface area contributed by atoms with E-state index in [0.29, 0.717) is 25.9 Å². The summed E-state index contributed by atoms with van der Waals surface area (Å²) >= 11 is 3.40. The lowest BCUT2D eigenvalue weighted by Gasteiger charge is -2.46. The zero-order valence-corrected chi connectivity index (χ0v) is 13.0. The molecule has 0 bridgehead atoms. The Morgan fingerprint density at radius 3 is 2.95 bits per heavy atom. The molecule has 1 aliphatic rings. The predicted molar refractivity (Wildman–Crippen MR) is 79.5 cm³/mol. The molecule has 1 amide bonds. The molecule has 0 aliphatic carbocycles. The Morgan fingerprint density at radius 2 is 2.37 bits per heavy atom. The largest absolute Gasteiger partial charge is 0.386 e. The SMILES string of the molecule is CCC1(O)CN(C(=O)CCSCc2csc(C)n2)C1. The van der Waals surface area contributed by atoms with Crippen LogP contribution in [0.25, 0.3) is 0 Å². The highest BCUT2D eigenvalue weighted by Crippen LogP contribution is 2.25. The van der Waals surface area contributed by atoms with Crippen LogP contribution < -0.4 is 0 Å². The second kappa shape index (κ2) is 6.24. The number of aryl methyl sites for hydroxylation is 1. The Balaban J connectivity index is 1.60. The smallest absolute Gasteiger partial charge is 0.223 e. The maximum atomic E-state index is 11.8. The molecule has 0 radical (unpaired) electrons. The number of thioether (sulfide) groups is 1. The van der Waals surface area contributed by atoms with Crippen molar-refractivity contribution in [2.45, 2.75) is 38.0 Å². The van der Waals surface area contributed by atoms with Crippen LogP contribution in [0.1, 0.15) is 30.5 Å². The fraction of sp³-hybridized carbons (Fsp3) is 0.692. The van der Waals surface area contributed by atoms with Crippen LogP contribution in [0.5, 0.6) is 0 Å². The van der Waals surface area contributed by atoms with Crippen LogP contribution in [-0.2, 0) is 10.5 Å². The van der Waals surface area contributed by atoms with Gasteiger partial charge in [-0.2, -0.15) is 11.8 Å². The molecule has 0 saturated carbocycles. The lowest BCUT2D eigenvalue weighted by Crippen LogP contribution is -2.63. The number of carbonyl (C=O) groups excluding carboxylic acids is 1. The van der Waals surface area contributed by atoms with Crippen molar-refractivity contribution in [2.24, 2.45) is 0 Å². The average molecular weight is 300 g/mol. The number of hydrogen-bond donors (Lipinski definition) is 1. The topological polar surface area (TPSA) is 53.4 Å². The van der Waals surface area contributed by atoms with E-state index in [1.807, 2.05) is 13.8 Å². The summed E-state index contributed by atoms with van der Waals surface area (Å²) in [5, 5.41) is 13.0. The molecule has 106 valence electrons. The van der Waals surface area contributed by atoms with Crippen molar-refractivity contribution < 1.29 is 9.90 Å². The van der Waals surface area contributed by atoms with E-state index in [2.05, 4.69) is 10.4 Å². The third-order valence-electron chi connectivity index (χ3n) is 3.36. The van der Waals surface area contributed by atoms with Crippen LogP contribution in [0, 0.1) is 6.92 Å². The number of β-amino-alcohol motifs (C(OH)–C–C–N with tert-alkyl or cyclic N) is 1. The molecular weight excluding hydrogens is 280 g/mol. The molecule has 2 heterocycles. The van der Waals surface area contributed by atoms with Gasteiger partial charge in [0.25, 0.3) is 0 Å². The summed E-state index contributed by atoms with van der Waals surface area (Å²) in [6.45, 7) is 4.95. The van der Waals surface area contributed by atoms with Gasteiger partial charge < -0.3 is 10.0 Å². The van der Waals surface area contributed by atoms with E-state index in [1.165, 1.54) is 0 Å². The predicted octanol–water partition coefficient (Wildman–Crippen LogP) is 2.06. The number of nitrogens with zero attached hydrogens (tertiary/aromatic N) is 2. The van der Waals surface area contributed by atoms with Gasteiger partial charge in [0.15, 0.2) is 0 Å². The van der Waals surface area contributed by atoms with Crippen molar-refractivity contribution >= 4 is 29.0 Å². The van der Waals surface area contributed by atoms with Crippen molar-refractivity contribution in [2.75, 3.05) is 18.8 Å². The summed E-state index contributed by atoms with van der Waals surface area (Å²) in [4.78, 5) is 18.0. The molecule has 1 aromatic heterocycles. The maximum absolute atomic E-state index is 11.8. The van der Waals surface area contributed by atoms with Gasteiger partial charge in [-0.05, 0) is 13.3 Å². The van der Waals surface area contributed by atoms with Gasteiger partial charge in [-0.3, -0.25) is 4.79 Å². The first-order chi connectivity index (χ1) is 9.02. The van der Waals surface area contributed by atoms with Crippen LogP contribution in [0.15, 0.2) is 5.38 Å². The van der Waals surface area contributed by atoms with Gasteiger partial charge in [-0.15, -0.1) is 11.3 Å². The van der Waals surface area contributed by atoms with Crippen molar-refractivity contribution in [1.82, 2.24) is 9.88 Å². The number of thiazole rings is 1. The number of likely N-dealkylation sites (tertiary alicyclic amines) is 1. The van der Waals surface area contributed by atoms with Crippen LogP contribution in [0.4, 0.5) is 0 Å². The van der Waals surface area contributed by atoms with Crippen LogP contribution in [-0.4, -0.2) is 45.3 Å². The van der Waals surface area contributed by atoms with Gasteiger partial charge in [-0.25, -0.2) is 4.98 Å². The van der Waals surface area contributed by atoms with Gasteiger partial charge in [-0.1, -0.05) is 6.92 Å². The van der Waals surface area contributed by atoms with E-state index in [4.69, 9.17) is 0 Å². The molecule has 1 aromatic rings. The summed E-state index contributed by atoms with van der Waals surface area (Å²) in [5.41, 5.74) is 0.477. The van der Waals surface area contributed by atoms with Gasteiger partial charge in [0, 0.05) is 23.3 Å². The van der Waals surface area contributed by atoms with Gasteiger partial charge in [0.2, 0.25) is 5.91 Å². The first-order valence-electron chi connectivity index (χ1n) is 6.51. The standard InChI is InChI=1S/C13H20N2O2S2/c1-3-13(17)8-15(9-13)12(16)4-5-18-6-11-7-19-10(2)14-11/h7,17H,3-6,8-9H2,1-2H3. The van der Waals surface area contributed by atoms with Crippen LogP contribution >= 0.6 is 23.1 Å². The average Bonchev–Trinajstić information content (AvgIpc) is 2.76. The molecule has 0 unspecified atom stereocenters. The highest BCUT2D eigenvalue weighted by Gasteiger charge is 2.41. The van der Waals surface area contributed by atoms with E-state index in [-0.39, 0.29) is 5.91 Å². The van der Waals surface area contributed by atoms with Crippen molar-refractivity contribution in [3.63, 3.8) is 0 Å². The minimum Gasteiger partial charge on any atom is -0.386 e. The number of amides is 1. The van der Waals surface area contributed by atoms with E-state index >= 15 is 0 Å². The lowest BCUT2D eigenvalue weighted by atomic mass is 9.91. The first-order valence-corrected chi connectivity index (χ1v) is 8.55. The molecule has 0 aromatic carbocycles. The van der Waals surface area contributed by atoms with Crippen LogP contribution in [0.2, 0.25) is 0 Å². The third kappa shape index (κ3) is 3.94. The Morgan fingerprint density at radius 1 is 1.63 bits per heavy atom. The number of rotatable bonds is 6. The van der Waals surface area contributed by atoms with Crippen LogP contribution in [0.3, 0.4) is 0 Å². The number of hydrogen-bond acceptors (Lipinski definition) is 5. The minimum absolute atomic E-state index is 0.153. The molecular formula is C13H20N2O2S2. The molecule has 1 saturated heterocycles. The van der Waals surface area contributed by atoms with Crippen molar-refractivity contribution in [1.29, 1.82) is 0 Å². The maximum Gasteiger partial charge on any atom is 0.223 e. The number of aromatic nitrogens is 1. The van der Waals surface area contributed by atoms with Gasteiger partial charge >= 0.3 is 0 Å². The third-order valence-corrected chi connectivity index (χ3v) is 5.17. The zero-order valence-electron chi connectivity index (χ0n) is 11.4. The Bertz CT molecular complexity index is 442. The summed E-state index contributed by atoms with van der Waals surface area (Å²) in [6.07, 6.45) is 1.27. The fourth-order valence-corrected chi connectivity index (χ4v) is 3.57. The molecule has 0 atom stereocenters. The molecule has 0 spiro atoms. The van der Waals surface area contributed by atoms with Crippen molar-refractivity contribution in [3.8, 4) is 0 Å². The molecule has 2 rings (SSSR count).